The summed E-state index contributed by atoms with van der Waals surface area (Å²) in [5.74, 6) is 0.0343. The summed E-state index contributed by atoms with van der Waals surface area (Å²) in [4.78, 5) is 14.1. The lowest BCUT2D eigenvalue weighted by molar-refractivity contribution is 0.0398. The van der Waals surface area contributed by atoms with Crippen molar-refractivity contribution in [1.82, 2.24) is 19.9 Å². The van der Waals surface area contributed by atoms with Crippen LogP contribution in [-0.4, -0.2) is 65.1 Å². The SMILES string of the molecule is CC(=O)c1nnn(-c2ccc(F)cc2)c1NCCN1CCOCC1. The summed E-state index contributed by atoms with van der Waals surface area (Å²) in [7, 11) is 0. The molecule has 0 saturated carbocycles. The van der Waals surface area contributed by atoms with Gasteiger partial charge < -0.3 is 10.1 Å². The molecule has 128 valence electrons. The second-order valence-corrected chi connectivity index (χ2v) is 5.61. The van der Waals surface area contributed by atoms with Crippen LogP contribution >= 0.6 is 0 Å². The Morgan fingerprint density at radius 1 is 1.29 bits per heavy atom. The van der Waals surface area contributed by atoms with E-state index in [-0.39, 0.29) is 17.3 Å². The second kappa shape index (κ2) is 7.50. The number of carbonyl (C=O) groups is 1. The first-order valence-electron chi connectivity index (χ1n) is 7.91. The molecular formula is C16H20FN5O2. The fraction of sp³-hybridized carbons (Fsp3) is 0.438. The van der Waals surface area contributed by atoms with Crippen LogP contribution < -0.4 is 5.32 Å². The van der Waals surface area contributed by atoms with Crippen molar-refractivity contribution in [2.45, 2.75) is 6.92 Å². The number of nitrogens with one attached hydrogen (secondary N) is 1. The minimum Gasteiger partial charge on any atom is -0.379 e. The second-order valence-electron chi connectivity index (χ2n) is 5.61. The molecule has 1 saturated heterocycles. The Morgan fingerprint density at radius 2 is 2.00 bits per heavy atom. The van der Waals surface area contributed by atoms with Crippen LogP contribution in [-0.2, 0) is 4.74 Å². The summed E-state index contributed by atoms with van der Waals surface area (Å²) in [6, 6.07) is 5.89. The first-order chi connectivity index (χ1) is 11.6. The molecule has 24 heavy (non-hydrogen) atoms. The molecule has 0 bridgehead atoms. The Labute approximate surface area is 139 Å². The fourth-order valence-electron chi connectivity index (χ4n) is 2.60. The summed E-state index contributed by atoms with van der Waals surface area (Å²) in [6.07, 6.45) is 0. The topological polar surface area (TPSA) is 72.3 Å². The number of rotatable bonds is 6. The van der Waals surface area contributed by atoms with Crippen LogP contribution in [0.15, 0.2) is 24.3 Å². The number of Topliss-reactive ketones (excluding diaryl/α,β-unsaturated/α-hetero) is 1. The summed E-state index contributed by atoms with van der Waals surface area (Å²) < 4.78 is 20.0. The standard InChI is InChI=1S/C16H20FN5O2/c1-12(23)15-16(18-6-7-21-8-10-24-11-9-21)22(20-19-15)14-4-2-13(17)3-5-14/h2-5,18H,6-11H2,1H3. The van der Waals surface area contributed by atoms with Crippen LogP contribution in [0.5, 0.6) is 0 Å². The van der Waals surface area contributed by atoms with E-state index >= 15 is 0 Å². The van der Waals surface area contributed by atoms with E-state index in [1.165, 1.54) is 23.7 Å². The van der Waals surface area contributed by atoms with Gasteiger partial charge in [0, 0.05) is 33.1 Å². The third kappa shape index (κ3) is 3.77. The van der Waals surface area contributed by atoms with E-state index < -0.39 is 0 Å². The Kier molecular flexibility index (Phi) is 5.17. The number of carbonyl (C=O) groups excluding carboxylic acids is 1. The van der Waals surface area contributed by atoms with Gasteiger partial charge >= 0.3 is 0 Å². The number of hydrogen-bond acceptors (Lipinski definition) is 6. The largest absolute Gasteiger partial charge is 0.379 e. The molecule has 1 N–H and O–H groups in total. The number of morpholine rings is 1. The molecule has 2 heterocycles. The predicted octanol–water partition coefficient (Wildman–Crippen LogP) is 1.35. The molecule has 1 aromatic heterocycles. The van der Waals surface area contributed by atoms with Gasteiger partial charge in [0.15, 0.2) is 17.3 Å². The van der Waals surface area contributed by atoms with Crippen LogP contribution in [0.25, 0.3) is 5.69 Å². The van der Waals surface area contributed by atoms with Crippen molar-refractivity contribution in [3.05, 3.63) is 35.8 Å². The van der Waals surface area contributed by atoms with Gasteiger partial charge in [0.2, 0.25) is 0 Å². The number of benzene rings is 1. The monoisotopic (exact) mass is 333 g/mol. The first kappa shape index (κ1) is 16.5. The molecule has 1 aliphatic rings. The first-order valence-corrected chi connectivity index (χ1v) is 7.91. The average Bonchev–Trinajstić information content (AvgIpc) is 3.01. The summed E-state index contributed by atoms with van der Waals surface area (Å²) in [6.45, 7) is 6.21. The van der Waals surface area contributed by atoms with Gasteiger partial charge in [-0.15, -0.1) is 5.10 Å². The lowest BCUT2D eigenvalue weighted by atomic mass is 10.3. The Balaban J connectivity index is 1.75. The van der Waals surface area contributed by atoms with Crippen molar-refractivity contribution in [1.29, 1.82) is 0 Å². The van der Waals surface area contributed by atoms with Gasteiger partial charge in [0.05, 0.1) is 18.9 Å². The van der Waals surface area contributed by atoms with Gasteiger partial charge in [0.1, 0.15) is 5.82 Å². The van der Waals surface area contributed by atoms with Gasteiger partial charge in [-0.05, 0) is 24.3 Å². The van der Waals surface area contributed by atoms with Crippen molar-refractivity contribution >= 4 is 11.6 Å². The maximum Gasteiger partial charge on any atom is 0.183 e. The van der Waals surface area contributed by atoms with E-state index in [1.807, 2.05) is 0 Å². The van der Waals surface area contributed by atoms with Crippen molar-refractivity contribution in [2.24, 2.45) is 0 Å². The molecule has 3 rings (SSSR count). The molecule has 0 atom stereocenters. The molecule has 0 spiro atoms. The van der Waals surface area contributed by atoms with Crippen LogP contribution in [0.4, 0.5) is 10.2 Å². The van der Waals surface area contributed by atoms with E-state index in [4.69, 9.17) is 4.74 Å². The van der Waals surface area contributed by atoms with E-state index in [1.54, 1.807) is 12.1 Å². The minimum atomic E-state index is -0.326. The number of aromatic nitrogens is 3. The molecule has 8 heteroatoms. The number of anilines is 1. The zero-order valence-electron chi connectivity index (χ0n) is 13.5. The van der Waals surface area contributed by atoms with E-state index in [2.05, 4.69) is 20.5 Å². The summed E-state index contributed by atoms with van der Waals surface area (Å²) >= 11 is 0. The van der Waals surface area contributed by atoms with Crippen LogP contribution in [0, 0.1) is 5.82 Å². The van der Waals surface area contributed by atoms with Crippen LogP contribution in [0.3, 0.4) is 0 Å². The molecule has 1 fully saturated rings. The minimum absolute atomic E-state index is 0.169. The maximum absolute atomic E-state index is 13.1. The molecule has 0 unspecified atom stereocenters. The highest BCUT2D eigenvalue weighted by atomic mass is 19.1. The van der Waals surface area contributed by atoms with Crippen molar-refractivity contribution in [3.63, 3.8) is 0 Å². The van der Waals surface area contributed by atoms with Gasteiger partial charge in [-0.25, -0.2) is 4.39 Å². The van der Waals surface area contributed by atoms with E-state index in [0.717, 1.165) is 32.8 Å². The lowest BCUT2D eigenvalue weighted by Crippen LogP contribution is -2.39. The highest BCUT2D eigenvalue weighted by Crippen LogP contribution is 2.19. The Bertz CT molecular complexity index is 695. The maximum atomic E-state index is 13.1. The zero-order valence-corrected chi connectivity index (χ0v) is 13.5. The van der Waals surface area contributed by atoms with Gasteiger partial charge in [0.25, 0.3) is 0 Å². The summed E-state index contributed by atoms with van der Waals surface area (Å²) in [5, 5.41) is 11.2. The van der Waals surface area contributed by atoms with E-state index in [9.17, 15) is 9.18 Å². The average molecular weight is 333 g/mol. The normalized spacial score (nSPS) is 15.4. The van der Waals surface area contributed by atoms with Crippen molar-refractivity contribution in [2.75, 3.05) is 44.7 Å². The fourth-order valence-corrected chi connectivity index (χ4v) is 2.60. The van der Waals surface area contributed by atoms with E-state index in [0.29, 0.717) is 18.1 Å². The van der Waals surface area contributed by atoms with Gasteiger partial charge in [-0.1, -0.05) is 5.21 Å². The van der Waals surface area contributed by atoms with Crippen LogP contribution in [0.1, 0.15) is 17.4 Å². The number of ketones is 1. The quantitative estimate of drug-likeness (QED) is 0.805. The Hall–Kier alpha value is -2.32. The van der Waals surface area contributed by atoms with Gasteiger partial charge in [-0.3, -0.25) is 9.69 Å². The third-order valence-electron chi connectivity index (χ3n) is 3.90. The van der Waals surface area contributed by atoms with Crippen molar-refractivity contribution < 1.29 is 13.9 Å². The molecule has 2 aromatic rings. The molecule has 7 nitrogen and oxygen atoms in total. The van der Waals surface area contributed by atoms with Crippen LogP contribution in [0.2, 0.25) is 0 Å². The van der Waals surface area contributed by atoms with Crippen molar-refractivity contribution in [3.8, 4) is 5.69 Å². The molecule has 0 aliphatic carbocycles. The zero-order chi connectivity index (χ0) is 16.9. The molecule has 1 aromatic carbocycles. The predicted molar refractivity (Wildman–Crippen MR) is 87.1 cm³/mol. The molecular weight excluding hydrogens is 313 g/mol. The number of hydrogen-bond donors (Lipinski definition) is 1. The van der Waals surface area contributed by atoms with Gasteiger partial charge in [-0.2, -0.15) is 4.68 Å². The number of halogens is 1. The molecule has 1 aliphatic heterocycles. The number of nitrogens with zero attached hydrogens (tertiary/aromatic N) is 4. The molecule has 0 amide bonds. The number of ether oxygens (including phenoxy) is 1. The highest BCUT2D eigenvalue weighted by molar-refractivity contribution is 5.96. The third-order valence-corrected chi connectivity index (χ3v) is 3.90. The Morgan fingerprint density at radius 3 is 2.67 bits per heavy atom. The molecule has 0 radical (unpaired) electrons. The summed E-state index contributed by atoms with van der Waals surface area (Å²) in [5.41, 5.74) is 0.923. The lowest BCUT2D eigenvalue weighted by Gasteiger charge is -2.26. The smallest absolute Gasteiger partial charge is 0.183 e. The highest BCUT2D eigenvalue weighted by Gasteiger charge is 2.18.